The number of amides is 1. The van der Waals surface area contributed by atoms with Crippen LogP contribution in [-0.4, -0.2) is 50.0 Å². The quantitative estimate of drug-likeness (QED) is 0.899. The first kappa shape index (κ1) is 16.6. The molecule has 1 aliphatic rings. The van der Waals surface area contributed by atoms with Gasteiger partial charge in [0.15, 0.2) is 0 Å². The molecule has 0 spiro atoms. The van der Waals surface area contributed by atoms with Gasteiger partial charge in [0.25, 0.3) is 5.91 Å². The molecule has 0 saturated heterocycles. The van der Waals surface area contributed by atoms with E-state index in [1.165, 1.54) is 0 Å². The fraction of sp³-hybridized carbons (Fsp3) is 0.353. The zero-order chi connectivity index (χ0) is 17.3. The predicted octanol–water partition coefficient (Wildman–Crippen LogP) is 2.15. The third kappa shape index (κ3) is 2.69. The van der Waals surface area contributed by atoms with Gasteiger partial charge in [-0.3, -0.25) is 9.59 Å². The van der Waals surface area contributed by atoms with E-state index in [9.17, 15) is 14.7 Å². The maximum Gasteiger partial charge on any atom is 0.313 e. The number of imidazole rings is 1. The SMILES string of the molecule is CSCCN1C(=O)c2ccccc2[C@@H](C(=O)O)[C@@H]1c1nccn1C. The number of hydrogen-bond acceptors (Lipinski definition) is 4. The number of aliphatic carboxylic acids is 1. The molecule has 2 heterocycles. The summed E-state index contributed by atoms with van der Waals surface area (Å²) in [6.07, 6.45) is 5.37. The third-order valence-electron chi connectivity index (χ3n) is 4.36. The molecule has 2 aromatic rings. The van der Waals surface area contributed by atoms with Gasteiger partial charge < -0.3 is 14.6 Å². The van der Waals surface area contributed by atoms with Gasteiger partial charge in [0.2, 0.25) is 0 Å². The molecular formula is C17H19N3O3S. The summed E-state index contributed by atoms with van der Waals surface area (Å²) in [5.74, 6) is -0.586. The summed E-state index contributed by atoms with van der Waals surface area (Å²) in [4.78, 5) is 31.1. The molecular weight excluding hydrogens is 326 g/mol. The minimum absolute atomic E-state index is 0.134. The maximum atomic E-state index is 13.0. The molecule has 0 aliphatic carbocycles. The number of thioether (sulfide) groups is 1. The van der Waals surface area contributed by atoms with Crippen LogP contribution in [0.25, 0.3) is 0 Å². The highest BCUT2D eigenvalue weighted by atomic mass is 32.2. The molecule has 0 unspecified atom stereocenters. The fourth-order valence-corrected chi connectivity index (χ4v) is 3.62. The highest BCUT2D eigenvalue weighted by Gasteiger charge is 2.45. The van der Waals surface area contributed by atoms with Crippen LogP contribution in [0, 0.1) is 0 Å². The van der Waals surface area contributed by atoms with Gasteiger partial charge in [0, 0.05) is 37.3 Å². The Kier molecular flexibility index (Phi) is 4.62. The molecule has 2 atom stereocenters. The van der Waals surface area contributed by atoms with Gasteiger partial charge in [-0.05, 0) is 17.9 Å². The summed E-state index contributed by atoms with van der Waals surface area (Å²) < 4.78 is 1.79. The molecule has 3 rings (SSSR count). The Bertz CT molecular complexity index is 774. The highest BCUT2D eigenvalue weighted by molar-refractivity contribution is 7.98. The number of aromatic nitrogens is 2. The van der Waals surface area contributed by atoms with Crippen molar-refractivity contribution in [2.45, 2.75) is 12.0 Å². The van der Waals surface area contributed by atoms with Crippen LogP contribution in [0.5, 0.6) is 0 Å². The monoisotopic (exact) mass is 345 g/mol. The Balaban J connectivity index is 2.18. The van der Waals surface area contributed by atoms with E-state index in [1.807, 2.05) is 13.3 Å². The van der Waals surface area contributed by atoms with Gasteiger partial charge in [0.1, 0.15) is 17.8 Å². The number of carbonyl (C=O) groups excluding carboxylic acids is 1. The summed E-state index contributed by atoms with van der Waals surface area (Å²) in [6, 6.07) is 6.36. The number of nitrogens with zero attached hydrogens (tertiary/aromatic N) is 3. The van der Waals surface area contributed by atoms with Crippen molar-refractivity contribution in [1.82, 2.24) is 14.5 Å². The Morgan fingerprint density at radius 1 is 1.38 bits per heavy atom. The predicted molar refractivity (Wildman–Crippen MR) is 92.2 cm³/mol. The number of benzene rings is 1. The molecule has 1 aliphatic heterocycles. The number of rotatable bonds is 5. The molecule has 1 N–H and O–H groups in total. The van der Waals surface area contributed by atoms with E-state index < -0.39 is 17.9 Å². The first-order chi connectivity index (χ1) is 11.6. The second kappa shape index (κ2) is 6.68. The Labute approximate surface area is 144 Å². The van der Waals surface area contributed by atoms with Crippen LogP contribution >= 0.6 is 11.8 Å². The smallest absolute Gasteiger partial charge is 0.313 e. The van der Waals surface area contributed by atoms with E-state index >= 15 is 0 Å². The zero-order valence-corrected chi connectivity index (χ0v) is 14.4. The second-order valence-electron chi connectivity index (χ2n) is 5.74. The van der Waals surface area contributed by atoms with Gasteiger partial charge in [0.05, 0.1) is 0 Å². The van der Waals surface area contributed by atoms with Crippen molar-refractivity contribution in [3.8, 4) is 0 Å². The van der Waals surface area contributed by atoms with Crippen molar-refractivity contribution in [3.63, 3.8) is 0 Å². The summed E-state index contributed by atoms with van der Waals surface area (Å²) in [6.45, 7) is 0.482. The highest BCUT2D eigenvalue weighted by Crippen LogP contribution is 2.42. The largest absolute Gasteiger partial charge is 0.481 e. The lowest BCUT2D eigenvalue weighted by atomic mass is 9.82. The summed E-state index contributed by atoms with van der Waals surface area (Å²) in [7, 11) is 1.82. The number of carboxylic acids is 1. The van der Waals surface area contributed by atoms with E-state index in [0.717, 1.165) is 5.75 Å². The zero-order valence-electron chi connectivity index (χ0n) is 13.5. The van der Waals surface area contributed by atoms with Crippen molar-refractivity contribution in [1.29, 1.82) is 0 Å². The van der Waals surface area contributed by atoms with Gasteiger partial charge in [-0.1, -0.05) is 18.2 Å². The Morgan fingerprint density at radius 3 is 2.75 bits per heavy atom. The first-order valence-electron chi connectivity index (χ1n) is 7.65. The summed E-state index contributed by atoms with van der Waals surface area (Å²) in [5.41, 5.74) is 1.03. The van der Waals surface area contributed by atoms with E-state index in [4.69, 9.17) is 0 Å². The molecule has 126 valence electrons. The molecule has 1 amide bonds. The van der Waals surface area contributed by atoms with Crippen LogP contribution in [0.4, 0.5) is 0 Å². The van der Waals surface area contributed by atoms with Crippen molar-refractivity contribution in [2.24, 2.45) is 7.05 Å². The van der Waals surface area contributed by atoms with Crippen molar-refractivity contribution in [2.75, 3.05) is 18.6 Å². The minimum atomic E-state index is -0.947. The standard InChI is InChI=1S/C17H19N3O3S/c1-19-8-7-18-15(19)14-13(17(22)23)11-5-3-4-6-12(11)16(21)20(14)9-10-24-2/h3-8,13-14H,9-10H2,1-2H3,(H,22,23)/t13-,14-/m1/s1. The normalized spacial score (nSPS) is 20.1. The number of carbonyl (C=O) groups is 2. The molecule has 7 heteroatoms. The van der Waals surface area contributed by atoms with E-state index in [2.05, 4.69) is 4.98 Å². The van der Waals surface area contributed by atoms with Crippen molar-refractivity contribution in [3.05, 3.63) is 53.6 Å². The van der Waals surface area contributed by atoms with Crippen LogP contribution in [0.15, 0.2) is 36.7 Å². The van der Waals surface area contributed by atoms with Gasteiger partial charge in [-0.15, -0.1) is 0 Å². The lowest BCUT2D eigenvalue weighted by molar-refractivity contribution is -0.140. The first-order valence-corrected chi connectivity index (χ1v) is 9.04. The van der Waals surface area contributed by atoms with Crippen LogP contribution in [0.2, 0.25) is 0 Å². The number of carboxylic acid groups (broad SMARTS) is 1. The molecule has 0 bridgehead atoms. The second-order valence-corrected chi connectivity index (χ2v) is 6.72. The van der Waals surface area contributed by atoms with Crippen molar-refractivity contribution >= 4 is 23.6 Å². The number of hydrogen-bond donors (Lipinski definition) is 1. The fourth-order valence-electron chi connectivity index (χ4n) is 3.24. The summed E-state index contributed by atoms with van der Waals surface area (Å²) in [5, 5.41) is 9.89. The molecule has 6 nitrogen and oxygen atoms in total. The van der Waals surface area contributed by atoms with E-state index in [0.29, 0.717) is 23.5 Å². The van der Waals surface area contributed by atoms with E-state index in [-0.39, 0.29) is 5.91 Å². The van der Waals surface area contributed by atoms with Crippen LogP contribution < -0.4 is 0 Å². The van der Waals surface area contributed by atoms with Crippen LogP contribution in [-0.2, 0) is 11.8 Å². The molecule has 1 aromatic carbocycles. The van der Waals surface area contributed by atoms with Crippen molar-refractivity contribution < 1.29 is 14.7 Å². The number of aryl methyl sites for hydroxylation is 1. The van der Waals surface area contributed by atoms with Crippen LogP contribution in [0.1, 0.15) is 33.7 Å². The Hall–Kier alpha value is -2.28. The molecule has 24 heavy (non-hydrogen) atoms. The lowest BCUT2D eigenvalue weighted by Crippen LogP contribution is -2.46. The molecule has 0 fully saturated rings. The van der Waals surface area contributed by atoms with E-state index in [1.54, 1.807) is 57.9 Å². The van der Waals surface area contributed by atoms with Gasteiger partial charge >= 0.3 is 5.97 Å². The average Bonchev–Trinajstić information content (AvgIpc) is 2.99. The third-order valence-corrected chi connectivity index (χ3v) is 4.95. The summed E-state index contributed by atoms with van der Waals surface area (Å²) >= 11 is 1.62. The van der Waals surface area contributed by atoms with Crippen LogP contribution in [0.3, 0.4) is 0 Å². The number of fused-ring (bicyclic) bond motifs is 1. The molecule has 1 aromatic heterocycles. The lowest BCUT2D eigenvalue weighted by Gasteiger charge is -2.40. The molecule has 0 radical (unpaired) electrons. The topological polar surface area (TPSA) is 75.4 Å². The minimum Gasteiger partial charge on any atom is -0.481 e. The average molecular weight is 345 g/mol. The molecule has 0 saturated carbocycles. The Morgan fingerprint density at radius 2 is 2.12 bits per heavy atom. The van der Waals surface area contributed by atoms with Gasteiger partial charge in [-0.2, -0.15) is 11.8 Å². The maximum absolute atomic E-state index is 13.0. The van der Waals surface area contributed by atoms with Gasteiger partial charge in [-0.25, -0.2) is 4.98 Å².